The van der Waals surface area contributed by atoms with Crippen LogP contribution in [0.4, 0.5) is 0 Å². The maximum absolute atomic E-state index is 14.8. The molecule has 8 N–H and O–H groups in total. The molecule has 2 aliphatic rings. The summed E-state index contributed by atoms with van der Waals surface area (Å²) in [5.74, 6) is -17.3. The standard InChI is InChI=1S/C44H44Cl2O14/c1-15(2)43(57)17(5)39(53)35-33(37(43)23(49)13-25(51)59-7)31(27-19(45)9-11-21(47)29(27)41(35)55)32-28-20(46)10-12-22(48)30(28)42(56)36-34(32)38(24(50)14-26(52)60-8)44(58,16(3)4)18(6)40(36)54/h9-18,37-38,47-50,55-58H,1-8H3/b23-13+,24-14+. The third-order valence-corrected chi connectivity index (χ3v) is 13.2. The second-order valence-electron chi connectivity index (χ2n) is 16.0. The van der Waals surface area contributed by atoms with Gasteiger partial charge in [0, 0.05) is 32.7 Å². The Bertz CT molecular complexity index is 2450. The predicted molar refractivity (Wildman–Crippen MR) is 221 cm³/mol. The van der Waals surface area contributed by atoms with Crippen molar-refractivity contribution in [2.24, 2.45) is 23.7 Å². The molecule has 14 nitrogen and oxygen atoms in total. The third-order valence-electron chi connectivity index (χ3n) is 12.6. The highest BCUT2D eigenvalue weighted by Gasteiger charge is 2.59. The quantitative estimate of drug-likeness (QED) is 0.0506. The number of benzene rings is 4. The molecule has 6 rings (SSSR count). The smallest absolute Gasteiger partial charge is 0.333 e. The van der Waals surface area contributed by atoms with E-state index < -0.39 is 138 Å². The van der Waals surface area contributed by atoms with Gasteiger partial charge < -0.3 is 50.3 Å². The molecule has 6 atom stereocenters. The SMILES string of the molecule is COC(=O)/C=C(/O)C1c2c(c(O)c3c(O)ccc(Cl)c3c2-c2c3c(c(O)c4c(O)ccc(Cl)c24)C(=O)C(C)C(O)(C(C)C)C3/C(O)=C\C(=O)OC)C(=O)C(C)C1(O)C(C)C. The molecular formula is C44H44Cl2O14. The Balaban J connectivity index is 2.11. The summed E-state index contributed by atoms with van der Waals surface area (Å²) in [4.78, 5) is 55.4. The summed E-state index contributed by atoms with van der Waals surface area (Å²) in [5.41, 5.74) is -7.45. The number of halogens is 2. The number of ketones is 2. The molecule has 0 aliphatic heterocycles. The number of Topliss-reactive ketones (excluding diaryl/α,β-unsaturated/α-hetero) is 2. The summed E-state index contributed by atoms with van der Waals surface area (Å²) >= 11 is 14.0. The van der Waals surface area contributed by atoms with E-state index in [1.54, 1.807) is 0 Å². The van der Waals surface area contributed by atoms with Gasteiger partial charge in [0.15, 0.2) is 11.6 Å². The number of carbonyl (C=O) groups excluding carboxylic acids is 4. The molecule has 0 radical (unpaired) electrons. The van der Waals surface area contributed by atoms with Gasteiger partial charge >= 0.3 is 11.9 Å². The van der Waals surface area contributed by atoms with Gasteiger partial charge in [0.1, 0.15) is 34.5 Å². The number of rotatable bonds is 7. The van der Waals surface area contributed by atoms with E-state index in [-0.39, 0.29) is 31.9 Å². The van der Waals surface area contributed by atoms with Crippen LogP contribution >= 0.6 is 23.2 Å². The van der Waals surface area contributed by atoms with Crippen molar-refractivity contribution in [3.05, 3.63) is 80.2 Å². The lowest BCUT2D eigenvalue weighted by Crippen LogP contribution is -2.55. The van der Waals surface area contributed by atoms with Crippen LogP contribution in [0.25, 0.3) is 32.7 Å². The van der Waals surface area contributed by atoms with Crippen molar-refractivity contribution in [1.82, 2.24) is 0 Å². The number of aliphatic hydroxyl groups excluding tert-OH is 2. The van der Waals surface area contributed by atoms with Gasteiger partial charge in [-0.2, -0.15) is 0 Å². The fourth-order valence-electron chi connectivity index (χ4n) is 9.50. The second kappa shape index (κ2) is 15.2. The summed E-state index contributed by atoms with van der Waals surface area (Å²) in [6, 6.07) is 4.67. The number of ether oxygens (including phenoxy) is 2. The molecule has 0 heterocycles. The maximum atomic E-state index is 14.8. The van der Waals surface area contributed by atoms with Crippen molar-refractivity contribution in [3.63, 3.8) is 0 Å². The molecule has 0 bridgehead atoms. The lowest BCUT2D eigenvalue weighted by atomic mass is 9.56. The van der Waals surface area contributed by atoms with Crippen molar-refractivity contribution in [1.29, 1.82) is 0 Å². The van der Waals surface area contributed by atoms with Gasteiger partial charge in [-0.1, -0.05) is 64.7 Å². The van der Waals surface area contributed by atoms with E-state index in [9.17, 15) is 60.0 Å². The van der Waals surface area contributed by atoms with E-state index in [0.717, 1.165) is 26.4 Å². The highest BCUT2D eigenvalue weighted by atomic mass is 35.5. The van der Waals surface area contributed by atoms with E-state index >= 15 is 0 Å². The van der Waals surface area contributed by atoms with Crippen LogP contribution in [0.2, 0.25) is 10.0 Å². The summed E-state index contributed by atoms with van der Waals surface area (Å²) in [7, 11) is 2.06. The number of aromatic hydroxyl groups is 4. The van der Waals surface area contributed by atoms with Gasteiger partial charge in [-0.15, -0.1) is 0 Å². The fourth-order valence-corrected chi connectivity index (χ4v) is 10.0. The minimum absolute atomic E-state index is 0.253. The van der Waals surface area contributed by atoms with Crippen LogP contribution in [0.3, 0.4) is 0 Å². The minimum atomic E-state index is -2.33. The normalized spacial score (nSPS) is 24.6. The summed E-state index contributed by atoms with van der Waals surface area (Å²) in [6.07, 6.45) is 1.30. The van der Waals surface area contributed by atoms with Crippen molar-refractivity contribution < 1.29 is 69.5 Å². The van der Waals surface area contributed by atoms with Crippen LogP contribution in [0.1, 0.15) is 85.2 Å². The second-order valence-corrected chi connectivity index (χ2v) is 16.8. The number of fused-ring (bicyclic) bond motifs is 4. The molecule has 0 saturated carbocycles. The zero-order chi connectivity index (χ0) is 44.8. The third kappa shape index (κ3) is 5.98. The van der Waals surface area contributed by atoms with Crippen molar-refractivity contribution in [2.75, 3.05) is 14.2 Å². The minimum Gasteiger partial charge on any atom is -0.511 e. The van der Waals surface area contributed by atoms with Crippen LogP contribution in [-0.2, 0) is 19.1 Å². The Kier molecular flexibility index (Phi) is 11.1. The first-order valence-electron chi connectivity index (χ1n) is 18.9. The summed E-state index contributed by atoms with van der Waals surface area (Å²) in [5, 5.41) is 95.3. The zero-order valence-electron chi connectivity index (χ0n) is 33.7. The van der Waals surface area contributed by atoms with Crippen LogP contribution in [0.15, 0.2) is 47.9 Å². The molecule has 4 aromatic rings. The van der Waals surface area contributed by atoms with Gasteiger partial charge in [-0.05, 0) is 58.4 Å². The summed E-state index contributed by atoms with van der Waals surface area (Å²) in [6.45, 7) is 8.82. The van der Waals surface area contributed by atoms with Crippen molar-refractivity contribution in [2.45, 2.75) is 64.6 Å². The van der Waals surface area contributed by atoms with Crippen LogP contribution < -0.4 is 0 Å². The van der Waals surface area contributed by atoms with Crippen LogP contribution in [0, 0.1) is 23.7 Å². The van der Waals surface area contributed by atoms with Crippen LogP contribution in [-0.4, -0.2) is 89.8 Å². The van der Waals surface area contributed by atoms with E-state index in [1.807, 2.05) is 0 Å². The maximum Gasteiger partial charge on any atom is 0.333 e. The van der Waals surface area contributed by atoms with Gasteiger partial charge in [-0.3, -0.25) is 9.59 Å². The molecule has 6 unspecified atom stereocenters. The Morgan fingerprint density at radius 3 is 1.22 bits per heavy atom. The van der Waals surface area contributed by atoms with Crippen molar-refractivity contribution >= 4 is 68.3 Å². The van der Waals surface area contributed by atoms with Gasteiger partial charge in [-0.25, -0.2) is 9.59 Å². The largest absolute Gasteiger partial charge is 0.511 e. The predicted octanol–water partition coefficient (Wildman–Crippen LogP) is 7.63. The first-order chi connectivity index (χ1) is 28.0. The lowest BCUT2D eigenvalue weighted by Gasteiger charge is -2.49. The molecular weight excluding hydrogens is 823 g/mol. The molecule has 0 aromatic heterocycles. The molecule has 318 valence electrons. The Labute approximate surface area is 353 Å². The number of phenolic OH excluding ortho intramolecular Hbond substituents is 4. The van der Waals surface area contributed by atoms with Crippen LogP contribution in [0.5, 0.6) is 23.0 Å². The number of carbonyl (C=O) groups is 4. The zero-order valence-corrected chi connectivity index (χ0v) is 35.2. The number of hydrogen-bond acceptors (Lipinski definition) is 14. The Morgan fingerprint density at radius 2 is 0.933 bits per heavy atom. The molecule has 60 heavy (non-hydrogen) atoms. The van der Waals surface area contributed by atoms with Gasteiger partial charge in [0.05, 0.1) is 71.3 Å². The molecule has 16 heteroatoms. The Morgan fingerprint density at radius 1 is 0.617 bits per heavy atom. The van der Waals surface area contributed by atoms with Gasteiger partial charge in [0.25, 0.3) is 0 Å². The molecule has 0 spiro atoms. The Hall–Kier alpha value is -5.54. The number of aliphatic hydroxyl groups is 4. The van der Waals surface area contributed by atoms with E-state index in [1.165, 1.54) is 53.7 Å². The average molecular weight is 868 g/mol. The number of phenols is 4. The number of esters is 2. The van der Waals surface area contributed by atoms with Crippen molar-refractivity contribution in [3.8, 4) is 34.1 Å². The number of methoxy groups -OCH3 is 2. The topological polar surface area (TPSA) is 249 Å². The monoisotopic (exact) mass is 866 g/mol. The molecule has 0 saturated heterocycles. The molecule has 0 fully saturated rings. The van der Waals surface area contributed by atoms with E-state index in [2.05, 4.69) is 0 Å². The first-order valence-corrected chi connectivity index (χ1v) is 19.6. The van der Waals surface area contributed by atoms with E-state index in [4.69, 9.17) is 32.7 Å². The highest BCUT2D eigenvalue weighted by Crippen LogP contribution is 2.63. The summed E-state index contributed by atoms with van der Waals surface area (Å²) < 4.78 is 9.61. The lowest BCUT2D eigenvalue weighted by molar-refractivity contribution is -0.136. The number of hydrogen-bond donors (Lipinski definition) is 8. The first kappa shape index (κ1) is 44.0. The fraction of sp³-hybridized carbons (Fsp3) is 0.364. The average Bonchev–Trinajstić information content (AvgIpc) is 3.18. The highest BCUT2D eigenvalue weighted by molar-refractivity contribution is 6.41. The molecule has 2 aliphatic carbocycles. The van der Waals surface area contributed by atoms with Gasteiger partial charge in [0.2, 0.25) is 0 Å². The molecule has 0 amide bonds. The molecule has 4 aromatic carbocycles. The van der Waals surface area contributed by atoms with E-state index in [0.29, 0.717) is 12.2 Å².